The molecule has 3 aromatic rings. The van der Waals surface area contributed by atoms with Crippen LogP contribution in [-0.2, 0) is 24.2 Å². The largest absolute Gasteiger partial charge is 0.349 e. The summed E-state index contributed by atoms with van der Waals surface area (Å²) in [5, 5.41) is 12.6. The molecule has 156 valence electrons. The predicted octanol–water partition coefficient (Wildman–Crippen LogP) is 4.81. The molecule has 0 radical (unpaired) electrons. The topological polar surface area (TPSA) is 59.8 Å². The van der Waals surface area contributed by atoms with Crippen molar-refractivity contribution in [2.24, 2.45) is 0 Å². The van der Waals surface area contributed by atoms with Gasteiger partial charge in [-0.1, -0.05) is 60.3 Å². The molecule has 30 heavy (non-hydrogen) atoms. The number of carbonyl (C=O) groups is 1. The Morgan fingerprint density at radius 2 is 1.87 bits per heavy atom. The summed E-state index contributed by atoms with van der Waals surface area (Å²) in [6, 6.07) is 16.7. The molecule has 1 heterocycles. The Morgan fingerprint density at radius 3 is 2.63 bits per heavy atom. The molecule has 6 heteroatoms. The third-order valence-electron chi connectivity index (χ3n) is 5.65. The number of fused-ring (bicyclic) bond motifs is 1. The number of aryl methyl sites for hydroxylation is 2. The van der Waals surface area contributed by atoms with Gasteiger partial charge in [0.25, 0.3) is 0 Å². The van der Waals surface area contributed by atoms with Crippen molar-refractivity contribution in [1.29, 1.82) is 0 Å². The zero-order chi connectivity index (χ0) is 20.9. The van der Waals surface area contributed by atoms with Crippen LogP contribution in [-0.4, -0.2) is 26.4 Å². The lowest BCUT2D eigenvalue weighted by Crippen LogP contribution is -2.28. The van der Waals surface area contributed by atoms with Crippen molar-refractivity contribution in [2.45, 2.75) is 57.3 Å². The summed E-state index contributed by atoms with van der Waals surface area (Å²) in [7, 11) is 0. The highest BCUT2D eigenvalue weighted by Gasteiger charge is 2.17. The molecule has 1 aromatic heterocycles. The molecule has 0 saturated heterocycles. The van der Waals surface area contributed by atoms with Gasteiger partial charge in [-0.25, -0.2) is 0 Å². The van der Waals surface area contributed by atoms with Crippen LogP contribution in [0.3, 0.4) is 0 Å². The van der Waals surface area contributed by atoms with E-state index in [0.29, 0.717) is 5.75 Å². The Morgan fingerprint density at radius 1 is 1.10 bits per heavy atom. The second-order valence-electron chi connectivity index (χ2n) is 7.73. The van der Waals surface area contributed by atoms with Crippen molar-refractivity contribution >= 4 is 17.7 Å². The van der Waals surface area contributed by atoms with Crippen LogP contribution in [0.4, 0.5) is 0 Å². The van der Waals surface area contributed by atoms with Crippen molar-refractivity contribution in [3.63, 3.8) is 0 Å². The maximum Gasteiger partial charge on any atom is 0.230 e. The molecular formula is C24H28N4OS. The first-order valence-electron chi connectivity index (χ1n) is 10.7. The molecule has 0 saturated carbocycles. The highest BCUT2D eigenvalue weighted by atomic mass is 32.2. The Hall–Kier alpha value is -2.60. The molecule has 1 aliphatic rings. The molecule has 0 fully saturated rings. The van der Waals surface area contributed by atoms with E-state index in [2.05, 4.69) is 52.1 Å². The molecule has 4 rings (SSSR count). The van der Waals surface area contributed by atoms with Gasteiger partial charge in [0.15, 0.2) is 11.0 Å². The van der Waals surface area contributed by atoms with Gasteiger partial charge in [-0.3, -0.25) is 4.79 Å². The number of nitrogens with one attached hydrogen (secondary N) is 1. The SMILES string of the molecule is CCn1c(SCC(=O)N[C@H](C)c2ccc3c(c2)CCCC3)nnc1-c1ccccc1. The van der Waals surface area contributed by atoms with Crippen LogP contribution < -0.4 is 5.32 Å². The minimum atomic E-state index is -0.00532. The number of aromatic nitrogens is 3. The van der Waals surface area contributed by atoms with Crippen molar-refractivity contribution in [3.8, 4) is 11.4 Å². The number of benzene rings is 2. The van der Waals surface area contributed by atoms with E-state index in [-0.39, 0.29) is 11.9 Å². The van der Waals surface area contributed by atoms with Gasteiger partial charge in [0.05, 0.1) is 11.8 Å². The van der Waals surface area contributed by atoms with E-state index >= 15 is 0 Å². The fourth-order valence-electron chi connectivity index (χ4n) is 4.00. The molecule has 1 aliphatic carbocycles. The quantitative estimate of drug-likeness (QED) is 0.557. The number of nitrogens with zero attached hydrogens (tertiary/aromatic N) is 3. The maximum absolute atomic E-state index is 12.6. The summed E-state index contributed by atoms with van der Waals surface area (Å²) in [4.78, 5) is 12.6. The van der Waals surface area contributed by atoms with Gasteiger partial charge in [-0.05, 0) is 56.2 Å². The monoisotopic (exact) mass is 420 g/mol. The molecule has 2 aromatic carbocycles. The van der Waals surface area contributed by atoms with Crippen molar-refractivity contribution in [1.82, 2.24) is 20.1 Å². The molecule has 0 bridgehead atoms. The van der Waals surface area contributed by atoms with Gasteiger partial charge in [0.1, 0.15) is 0 Å². The fraction of sp³-hybridized carbons (Fsp3) is 0.375. The Bertz CT molecular complexity index is 1020. The van der Waals surface area contributed by atoms with Crippen LogP contribution in [0.5, 0.6) is 0 Å². The van der Waals surface area contributed by atoms with Crippen LogP contribution >= 0.6 is 11.8 Å². The maximum atomic E-state index is 12.6. The molecule has 1 N–H and O–H groups in total. The van der Waals surface area contributed by atoms with Gasteiger partial charge in [-0.15, -0.1) is 10.2 Å². The van der Waals surface area contributed by atoms with Crippen molar-refractivity contribution < 1.29 is 4.79 Å². The molecule has 0 aliphatic heterocycles. The third-order valence-corrected chi connectivity index (χ3v) is 6.61. The summed E-state index contributed by atoms with van der Waals surface area (Å²) < 4.78 is 2.06. The second kappa shape index (κ2) is 9.47. The standard InChI is InChI=1S/C24H28N4OS/c1-3-28-23(19-10-5-4-6-11-19)26-27-24(28)30-16-22(29)25-17(2)20-14-13-18-9-7-8-12-21(18)15-20/h4-6,10-11,13-15,17H,3,7-9,12,16H2,1-2H3,(H,25,29)/t17-/m1/s1. The van der Waals surface area contributed by atoms with E-state index in [1.165, 1.54) is 47.7 Å². The number of hydrogen-bond acceptors (Lipinski definition) is 4. The molecule has 1 atom stereocenters. The van der Waals surface area contributed by atoms with E-state index in [0.717, 1.165) is 29.5 Å². The van der Waals surface area contributed by atoms with Gasteiger partial charge in [0, 0.05) is 12.1 Å². The lowest BCUT2D eigenvalue weighted by Gasteiger charge is -2.20. The first-order valence-corrected chi connectivity index (χ1v) is 11.7. The molecular weight excluding hydrogens is 392 g/mol. The predicted molar refractivity (Wildman–Crippen MR) is 121 cm³/mol. The van der Waals surface area contributed by atoms with Crippen LogP contribution in [0.25, 0.3) is 11.4 Å². The zero-order valence-corrected chi connectivity index (χ0v) is 18.4. The normalized spacial score (nSPS) is 14.2. The van der Waals surface area contributed by atoms with Crippen molar-refractivity contribution in [2.75, 3.05) is 5.75 Å². The minimum Gasteiger partial charge on any atom is -0.349 e. The zero-order valence-electron chi connectivity index (χ0n) is 17.6. The number of carbonyl (C=O) groups excluding carboxylic acids is 1. The Balaban J connectivity index is 1.37. The number of thioether (sulfide) groups is 1. The van der Waals surface area contributed by atoms with Gasteiger partial charge in [0.2, 0.25) is 5.91 Å². The number of hydrogen-bond donors (Lipinski definition) is 1. The highest BCUT2D eigenvalue weighted by Crippen LogP contribution is 2.26. The third kappa shape index (κ3) is 4.59. The van der Waals surface area contributed by atoms with E-state index < -0.39 is 0 Å². The number of amides is 1. The summed E-state index contributed by atoms with van der Waals surface area (Å²) in [6.45, 7) is 4.87. The minimum absolute atomic E-state index is 0.00532. The average molecular weight is 421 g/mol. The van der Waals surface area contributed by atoms with E-state index in [4.69, 9.17) is 0 Å². The van der Waals surface area contributed by atoms with E-state index in [9.17, 15) is 4.79 Å². The van der Waals surface area contributed by atoms with E-state index in [1.54, 1.807) is 0 Å². The summed E-state index contributed by atoms with van der Waals surface area (Å²) in [5.41, 5.74) is 5.12. The first-order chi connectivity index (χ1) is 14.7. The molecule has 1 amide bonds. The summed E-state index contributed by atoms with van der Waals surface area (Å²) >= 11 is 1.43. The molecule has 0 unspecified atom stereocenters. The Labute approximate surface area is 182 Å². The molecule has 0 spiro atoms. The smallest absolute Gasteiger partial charge is 0.230 e. The Kier molecular flexibility index (Phi) is 6.53. The summed E-state index contributed by atoms with van der Waals surface area (Å²) in [5.74, 6) is 1.17. The number of rotatable bonds is 7. The van der Waals surface area contributed by atoms with Crippen LogP contribution in [0, 0.1) is 0 Å². The lowest BCUT2D eigenvalue weighted by molar-refractivity contribution is -0.119. The average Bonchev–Trinajstić information content (AvgIpc) is 3.21. The van der Waals surface area contributed by atoms with Gasteiger partial charge in [-0.2, -0.15) is 0 Å². The molecule has 5 nitrogen and oxygen atoms in total. The van der Waals surface area contributed by atoms with Crippen molar-refractivity contribution in [3.05, 3.63) is 65.2 Å². The van der Waals surface area contributed by atoms with E-state index in [1.807, 2.05) is 30.3 Å². The van der Waals surface area contributed by atoms with Gasteiger partial charge < -0.3 is 9.88 Å². The van der Waals surface area contributed by atoms with Crippen LogP contribution in [0.15, 0.2) is 53.7 Å². The van der Waals surface area contributed by atoms with Crippen LogP contribution in [0.2, 0.25) is 0 Å². The summed E-state index contributed by atoms with van der Waals surface area (Å²) in [6.07, 6.45) is 4.87. The first kappa shape index (κ1) is 20.7. The van der Waals surface area contributed by atoms with Crippen LogP contribution in [0.1, 0.15) is 49.4 Å². The fourth-order valence-corrected chi connectivity index (χ4v) is 4.81. The van der Waals surface area contributed by atoms with Gasteiger partial charge >= 0.3 is 0 Å². The second-order valence-corrected chi connectivity index (χ2v) is 8.67. The highest BCUT2D eigenvalue weighted by molar-refractivity contribution is 7.99. The lowest BCUT2D eigenvalue weighted by atomic mass is 9.89.